The molecule has 0 radical (unpaired) electrons. The van der Waals surface area contributed by atoms with E-state index in [0.29, 0.717) is 43.7 Å². The third kappa shape index (κ3) is 5.10. The second-order valence-electron chi connectivity index (χ2n) is 9.75. The Hall–Kier alpha value is -3.20. The first kappa shape index (κ1) is 23.5. The molecule has 2 N–H and O–H groups in total. The van der Waals surface area contributed by atoms with Gasteiger partial charge in [0.1, 0.15) is 5.69 Å². The van der Waals surface area contributed by atoms with Crippen molar-refractivity contribution in [1.29, 1.82) is 0 Å². The molecule has 1 saturated heterocycles. The highest BCUT2D eigenvalue weighted by Crippen LogP contribution is 2.36. The minimum Gasteiger partial charge on any atom is -0.381 e. The number of amides is 2. The molecule has 1 aromatic carbocycles. The van der Waals surface area contributed by atoms with Gasteiger partial charge in [0.15, 0.2) is 5.82 Å². The van der Waals surface area contributed by atoms with Crippen molar-refractivity contribution in [1.82, 2.24) is 15.3 Å². The van der Waals surface area contributed by atoms with Crippen LogP contribution in [-0.4, -0.2) is 60.7 Å². The minimum atomic E-state index is -0.0623. The van der Waals surface area contributed by atoms with Crippen LogP contribution in [0.25, 0.3) is 0 Å². The van der Waals surface area contributed by atoms with Crippen molar-refractivity contribution in [3.8, 4) is 0 Å². The number of aryl methyl sites for hydroxylation is 1. The molecule has 9 nitrogen and oxygen atoms in total. The molecule has 0 spiro atoms. The molecule has 1 aliphatic carbocycles. The van der Waals surface area contributed by atoms with E-state index in [4.69, 9.17) is 9.72 Å². The smallest absolute Gasteiger partial charge is 0.251 e. The average Bonchev–Trinajstić information content (AvgIpc) is 3.36. The molecule has 0 atom stereocenters. The molecule has 2 fully saturated rings. The lowest BCUT2D eigenvalue weighted by Crippen LogP contribution is -2.38. The molecule has 1 saturated carbocycles. The van der Waals surface area contributed by atoms with E-state index in [0.717, 1.165) is 48.4 Å². The van der Waals surface area contributed by atoms with Gasteiger partial charge in [-0.1, -0.05) is 12.8 Å². The molecule has 3 heterocycles. The van der Waals surface area contributed by atoms with Gasteiger partial charge in [-0.25, -0.2) is 4.98 Å². The molecule has 0 bridgehead atoms. The van der Waals surface area contributed by atoms with E-state index in [1.54, 1.807) is 18.1 Å². The Morgan fingerprint density at radius 2 is 1.91 bits per heavy atom. The standard InChI is InChI=1S/C26H34N6O3/c1-17-15-18(25(34)28-19-10-13-35-14-11-19)7-8-21(17)29-26-27-16-22-24(30-26)32(20-5-3-4-6-20)12-9-23(33)31(22)2/h7-8,15-16,19-20H,3-6,9-14H2,1-2H3,(H,28,34)(H,27,29,30). The van der Waals surface area contributed by atoms with Crippen LogP contribution in [-0.2, 0) is 9.53 Å². The van der Waals surface area contributed by atoms with Gasteiger partial charge < -0.3 is 25.2 Å². The summed E-state index contributed by atoms with van der Waals surface area (Å²) in [4.78, 5) is 38.6. The Kier molecular flexibility index (Phi) is 6.86. The number of carbonyl (C=O) groups is 2. The van der Waals surface area contributed by atoms with Crippen LogP contribution < -0.4 is 20.4 Å². The van der Waals surface area contributed by atoms with Gasteiger partial charge in [-0.15, -0.1) is 0 Å². The van der Waals surface area contributed by atoms with Crippen LogP contribution in [0.3, 0.4) is 0 Å². The number of ether oxygens (including phenoxy) is 1. The van der Waals surface area contributed by atoms with Gasteiger partial charge in [-0.2, -0.15) is 4.98 Å². The van der Waals surface area contributed by atoms with Crippen molar-refractivity contribution in [2.24, 2.45) is 0 Å². The van der Waals surface area contributed by atoms with E-state index in [2.05, 4.69) is 20.5 Å². The van der Waals surface area contributed by atoms with Gasteiger partial charge in [0.2, 0.25) is 11.9 Å². The number of hydrogen-bond donors (Lipinski definition) is 2. The molecule has 0 unspecified atom stereocenters. The summed E-state index contributed by atoms with van der Waals surface area (Å²) in [5, 5.41) is 6.44. The zero-order chi connectivity index (χ0) is 24.4. The van der Waals surface area contributed by atoms with Gasteiger partial charge in [0.25, 0.3) is 5.91 Å². The molecule has 5 rings (SSSR count). The molecule has 2 amide bonds. The Morgan fingerprint density at radius 3 is 2.66 bits per heavy atom. The van der Waals surface area contributed by atoms with Gasteiger partial charge in [0.05, 0.1) is 6.20 Å². The van der Waals surface area contributed by atoms with E-state index < -0.39 is 0 Å². The maximum atomic E-state index is 12.7. The quantitative estimate of drug-likeness (QED) is 0.678. The number of nitrogens with zero attached hydrogens (tertiary/aromatic N) is 4. The Bertz CT molecular complexity index is 1090. The highest BCUT2D eigenvalue weighted by atomic mass is 16.5. The second kappa shape index (κ2) is 10.2. The number of hydrogen-bond acceptors (Lipinski definition) is 7. The topological polar surface area (TPSA) is 99.7 Å². The molecule has 35 heavy (non-hydrogen) atoms. The number of rotatable bonds is 5. The fourth-order valence-corrected chi connectivity index (χ4v) is 5.25. The number of fused-ring (bicyclic) bond motifs is 1. The monoisotopic (exact) mass is 478 g/mol. The van der Waals surface area contributed by atoms with Crippen LogP contribution in [0.1, 0.15) is 60.9 Å². The van der Waals surface area contributed by atoms with Crippen LogP contribution in [0.4, 0.5) is 23.1 Å². The zero-order valence-corrected chi connectivity index (χ0v) is 20.5. The lowest BCUT2D eigenvalue weighted by molar-refractivity contribution is -0.118. The molecular weight excluding hydrogens is 444 g/mol. The summed E-state index contributed by atoms with van der Waals surface area (Å²) < 4.78 is 5.37. The summed E-state index contributed by atoms with van der Waals surface area (Å²) >= 11 is 0. The molecule has 1 aromatic heterocycles. The van der Waals surface area contributed by atoms with Crippen molar-refractivity contribution >= 4 is 35.0 Å². The summed E-state index contributed by atoms with van der Waals surface area (Å²) in [5.41, 5.74) is 3.16. The van der Waals surface area contributed by atoms with E-state index in [-0.39, 0.29) is 17.9 Å². The van der Waals surface area contributed by atoms with Crippen LogP contribution in [0, 0.1) is 6.92 Å². The summed E-state index contributed by atoms with van der Waals surface area (Å²) in [6.07, 6.45) is 8.58. The first-order chi connectivity index (χ1) is 17.0. The summed E-state index contributed by atoms with van der Waals surface area (Å²) in [5.74, 6) is 1.32. The van der Waals surface area contributed by atoms with Gasteiger partial charge >= 0.3 is 0 Å². The molecule has 2 aliphatic heterocycles. The Labute approximate surface area is 206 Å². The Morgan fingerprint density at radius 1 is 1.14 bits per heavy atom. The van der Waals surface area contributed by atoms with E-state index in [9.17, 15) is 9.59 Å². The van der Waals surface area contributed by atoms with Gasteiger partial charge in [-0.05, 0) is 56.4 Å². The van der Waals surface area contributed by atoms with Crippen molar-refractivity contribution < 1.29 is 14.3 Å². The Balaban J connectivity index is 1.35. The largest absolute Gasteiger partial charge is 0.381 e. The zero-order valence-electron chi connectivity index (χ0n) is 20.5. The minimum absolute atomic E-state index is 0.0623. The van der Waals surface area contributed by atoms with E-state index in [1.807, 2.05) is 25.1 Å². The molecule has 186 valence electrons. The van der Waals surface area contributed by atoms with Crippen molar-refractivity contribution in [2.75, 3.05) is 41.9 Å². The van der Waals surface area contributed by atoms with Crippen molar-refractivity contribution in [3.63, 3.8) is 0 Å². The second-order valence-corrected chi connectivity index (χ2v) is 9.75. The fourth-order valence-electron chi connectivity index (χ4n) is 5.25. The number of aromatic nitrogens is 2. The molecule has 9 heteroatoms. The molecule has 3 aliphatic rings. The van der Waals surface area contributed by atoms with E-state index >= 15 is 0 Å². The molecular formula is C26H34N6O3. The number of carbonyl (C=O) groups excluding carboxylic acids is 2. The van der Waals surface area contributed by atoms with E-state index in [1.165, 1.54) is 12.8 Å². The highest BCUT2D eigenvalue weighted by Gasteiger charge is 2.31. The SMILES string of the molecule is Cc1cc(C(=O)NC2CCOCC2)ccc1Nc1ncc2c(n1)N(C1CCCC1)CCC(=O)N2C. The first-order valence-electron chi connectivity index (χ1n) is 12.7. The van der Waals surface area contributed by atoms with Crippen LogP contribution in [0.15, 0.2) is 24.4 Å². The summed E-state index contributed by atoms with van der Waals surface area (Å²) in [7, 11) is 1.80. The highest BCUT2D eigenvalue weighted by molar-refractivity contribution is 5.97. The normalized spacial score (nSPS) is 19.4. The van der Waals surface area contributed by atoms with Crippen molar-refractivity contribution in [2.45, 2.75) is 64.0 Å². The predicted molar refractivity (Wildman–Crippen MR) is 135 cm³/mol. The van der Waals surface area contributed by atoms with Crippen LogP contribution in [0.5, 0.6) is 0 Å². The number of nitrogens with one attached hydrogen (secondary N) is 2. The maximum Gasteiger partial charge on any atom is 0.251 e. The lowest BCUT2D eigenvalue weighted by atomic mass is 10.1. The van der Waals surface area contributed by atoms with Gasteiger partial charge in [-0.3, -0.25) is 9.59 Å². The number of benzene rings is 1. The summed E-state index contributed by atoms with van der Waals surface area (Å²) in [6, 6.07) is 6.18. The van der Waals surface area contributed by atoms with Crippen LogP contribution in [0.2, 0.25) is 0 Å². The van der Waals surface area contributed by atoms with Crippen molar-refractivity contribution in [3.05, 3.63) is 35.5 Å². The third-order valence-electron chi connectivity index (χ3n) is 7.38. The lowest BCUT2D eigenvalue weighted by Gasteiger charge is -2.30. The predicted octanol–water partition coefficient (Wildman–Crippen LogP) is 3.55. The maximum absolute atomic E-state index is 12.7. The third-order valence-corrected chi connectivity index (χ3v) is 7.38. The fraction of sp³-hybridized carbons (Fsp3) is 0.538. The summed E-state index contributed by atoms with van der Waals surface area (Å²) in [6.45, 7) is 4.02. The number of anilines is 4. The first-order valence-corrected chi connectivity index (χ1v) is 12.7. The molecule has 2 aromatic rings. The van der Waals surface area contributed by atoms with Gasteiger partial charge in [0, 0.05) is 56.6 Å². The average molecular weight is 479 g/mol. The van der Waals surface area contributed by atoms with Crippen LogP contribution >= 0.6 is 0 Å².